The van der Waals surface area contributed by atoms with E-state index in [1.165, 1.54) is 33.9 Å². The number of nitrogens with zero attached hydrogens (tertiary/aromatic N) is 4. The molecule has 1 spiro atoms. The summed E-state index contributed by atoms with van der Waals surface area (Å²) in [4.78, 5) is 18.2. The molecule has 146 valence electrons. The largest absolute Gasteiger partial charge is 0.368 e. The van der Waals surface area contributed by atoms with Gasteiger partial charge in [-0.05, 0) is 30.9 Å². The number of nitrogens with one attached hydrogen (secondary N) is 1. The Hall–Kier alpha value is -2.32. The Labute approximate surface area is 167 Å². The Kier molecular flexibility index (Phi) is 4.40. The molecule has 4 heterocycles. The summed E-state index contributed by atoms with van der Waals surface area (Å²) in [6.07, 6.45) is 4.24. The van der Waals surface area contributed by atoms with Gasteiger partial charge in [0.05, 0.1) is 18.1 Å². The van der Waals surface area contributed by atoms with Crippen molar-refractivity contribution >= 4 is 28.6 Å². The molecule has 1 saturated heterocycles. The Morgan fingerprint density at radius 1 is 1.32 bits per heavy atom. The molecular formula is C20H23N5O2S. The van der Waals surface area contributed by atoms with E-state index in [4.69, 9.17) is 4.74 Å². The number of thioether (sulfide) groups is 1. The number of rotatable bonds is 3. The average molecular weight is 398 g/mol. The molecular weight excluding hydrogens is 374 g/mol. The van der Waals surface area contributed by atoms with E-state index in [-0.39, 0.29) is 11.5 Å². The molecule has 0 bridgehead atoms. The molecule has 0 atom stereocenters. The van der Waals surface area contributed by atoms with Gasteiger partial charge in [-0.3, -0.25) is 4.79 Å². The SMILES string of the molecule is Cn1cnnc1SCC(=O)N1CCC2(CC1)OCCc1c2[nH]c2ccccc12. The summed E-state index contributed by atoms with van der Waals surface area (Å²) in [5.74, 6) is 0.536. The Bertz CT molecular complexity index is 1020. The minimum absolute atomic E-state index is 0.149. The maximum absolute atomic E-state index is 12.7. The summed E-state index contributed by atoms with van der Waals surface area (Å²) in [5, 5.41) is 9.95. The molecule has 3 aromatic rings. The first-order valence-electron chi connectivity index (χ1n) is 9.65. The van der Waals surface area contributed by atoms with Crippen LogP contribution in [0.5, 0.6) is 0 Å². The van der Waals surface area contributed by atoms with Crippen LogP contribution in [0.4, 0.5) is 0 Å². The first-order chi connectivity index (χ1) is 13.7. The summed E-state index contributed by atoms with van der Waals surface area (Å²) in [5.41, 5.74) is 3.50. The number of aryl methyl sites for hydroxylation is 1. The van der Waals surface area contributed by atoms with E-state index in [9.17, 15) is 4.79 Å². The molecule has 28 heavy (non-hydrogen) atoms. The number of hydrogen-bond donors (Lipinski definition) is 1. The summed E-state index contributed by atoms with van der Waals surface area (Å²) < 4.78 is 8.16. The van der Waals surface area contributed by atoms with Gasteiger partial charge in [0.1, 0.15) is 11.9 Å². The van der Waals surface area contributed by atoms with Gasteiger partial charge in [0, 0.05) is 31.0 Å². The van der Waals surface area contributed by atoms with E-state index in [0.29, 0.717) is 18.8 Å². The smallest absolute Gasteiger partial charge is 0.233 e. The number of amides is 1. The lowest BCUT2D eigenvalue weighted by Crippen LogP contribution is -2.48. The Morgan fingerprint density at radius 2 is 2.14 bits per heavy atom. The second-order valence-electron chi connectivity index (χ2n) is 7.51. The monoisotopic (exact) mass is 397 g/mol. The number of piperidine rings is 1. The number of ether oxygens (including phenoxy) is 1. The first kappa shape index (κ1) is 17.8. The maximum Gasteiger partial charge on any atom is 0.233 e. The number of fused-ring (bicyclic) bond motifs is 4. The zero-order valence-electron chi connectivity index (χ0n) is 15.9. The van der Waals surface area contributed by atoms with Crippen molar-refractivity contribution in [3.63, 3.8) is 0 Å². The number of aromatic amines is 1. The number of carbonyl (C=O) groups is 1. The van der Waals surface area contributed by atoms with Crippen LogP contribution in [0.1, 0.15) is 24.1 Å². The fraction of sp³-hybridized carbons (Fsp3) is 0.450. The summed E-state index contributed by atoms with van der Waals surface area (Å²) in [6.45, 7) is 2.17. The molecule has 1 fully saturated rings. The minimum Gasteiger partial charge on any atom is -0.368 e. The van der Waals surface area contributed by atoms with Crippen LogP contribution in [0.3, 0.4) is 0 Å². The summed E-state index contributed by atoms with van der Waals surface area (Å²) >= 11 is 1.43. The predicted molar refractivity (Wildman–Crippen MR) is 107 cm³/mol. The molecule has 2 aliphatic heterocycles. The van der Waals surface area contributed by atoms with E-state index in [0.717, 1.165) is 31.0 Å². The van der Waals surface area contributed by atoms with Crippen molar-refractivity contribution in [3.8, 4) is 0 Å². The normalized spacial score (nSPS) is 18.5. The molecule has 1 N–H and O–H groups in total. The lowest BCUT2D eigenvalue weighted by Gasteiger charge is -2.43. The van der Waals surface area contributed by atoms with Crippen LogP contribution in [-0.2, 0) is 28.6 Å². The molecule has 0 aliphatic carbocycles. The number of hydrogen-bond acceptors (Lipinski definition) is 5. The van der Waals surface area contributed by atoms with E-state index in [1.54, 1.807) is 6.33 Å². The van der Waals surface area contributed by atoms with Crippen molar-refractivity contribution in [2.24, 2.45) is 7.05 Å². The van der Waals surface area contributed by atoms with Crippen molar-refractivity contribution in [3.05, 3.63) is 41.9 Å². The van der Waals surface area contributed by atoms with Crippen molar-refractivity contribution in [1.82, 2.24) is 24.6 Å². The van der Waals surface area contributed by atoms with Gasteiger partial charge in [-0.15, -0.1) is 10.2 Å². The fourth-order valence-electron chi connectivity index (χ4n) is 4.40. The second kappa shape index (κ2) is 6.93. The molecule has 2 aromatic heterocycles. The number of H-pyrrole nitrogens is 1. The van der Waals surface area contributed by atoms with Gasteiger partial charge >= 0.3 is 0 Å². The number of para-hydroxylation sites is 1. The van der Waals surface area contributed by atoms with E-state index in [2.05, 4.69) is 39.4 Å². The van der Waals surface area contributed by atoms with Crippen LogP contribution < -0.4 is 0 Å². The lowest BCUT2D eigenvalue weighted by atomic mass is 9.83. The lowest BCUT2D eigenvalue weighted by molar-refractivity contribution is -0.138. The standard InChI is InChI=1S/C20H23N5O2S/c1-24-13-21-23-19(24)28-12-17(26)25-9-7-20(8-10-25)18-15(6-11-27-20)14-4-2-3-5-16(14)22-18/h2-5,13,22H,6-12H2,1H3. The Balaban J connectivity index is 1.30. The summed E-state index contributed by atoms with van der Waals surface area (Å²) in [7, 11) is 1.88. The zero-order valence-corrected chi connectivity index (χ0v) is 16.7. The predicted octanol–water partition coefficient (Wildman–Crippen LogP) is 2.48. The molecule has 0 saturated carbocycles. The number of benzene rings is 1. The Morgan fingerprint density at radius 3 is 2.93 bits per heavy atom. The van der Waals surface area contributed by atoms with Gasteiger partial charge in [-0.1, -0.05) is 30.0 Å². The second-order valence-corrected chi connectivity index (χ2v) is 8.45. The van der Waals surface area contributed by atoms with Crippen LogP contribution in [0.15, 0.2) is 35.7 Å². The molecule has 1 aromatic carbocycles. The van der Waals surface area contributed by atoms with Crippen LogP contribution in [0, 0.1) is 0 Å². The van der Waals surface area contributed by atoms with Gasteiger partial charge in [-0.25, -0.2) is 0 Å². The van der Waals surface area contributed by atoms with E-state index < -0.39 is 0 Å². The first-order valence-corrected chi connectivity index (χ1v) is 10.6. The molecule has 8 heteroatoms. The molecule has 0 radical (unpaired) electrons. The van der Waals surface area contributed by atoms with Gasteiger partial charge in [0.15, 0.2) is 5.16 Å². The van der Waals surface area contributed by atoms with Crippen LogP contribution >= 0.6 is 11.8 Å². The highest BCUT2D eigenvalue weighted by molar-refractivity contribution is 7.99. The number of aromatic nitrogens is 4. The third-order valence-corrected chi connectivity index (χ3v) is 6.94. The molecule has 1 amide bonds. The van der Waals surface area contributed by atoms with Crippen LogP contribution in [0.25, 0.3) is 10.9 Å². The highest BCUT2D eigenvalue weighted by atomic mass is 32.2. The maximum atomic E-state index is 12.7. The van der Waals surface area contributed by atoms with Crippen molar-refractivity contribution in [2.75, 3.05) is 25.4 Å². The topological polar surface area (TPSA) is 76.0 Å². The van der Waals surface area contributed by atoms with Crippen molar-refractivity contribution < 1.29 is 9.53 Å². The van der Waals surface area contributed by atoms with Gasteiger partial charge in [0.2, 0.25) is 5.91 Å². The van der Waals surface area contributed by atoms with Crippen LogP contribution in [0.2, 0.25) is 0 Å². The van der Waals surface area contributed by atoms with Gasteiger partial charge < -0.3 is 19.2 Å². The molecule has 0 unspecified atom stereocenters. The molecule has 5 rings (SSSR count). The zero-order chi connectivity index (χ0) is 19.1. The van der Waals surface area contributed by atoms with Crippen molar-refractivity contribution in [2.45, 2.75) is 30.0 Å². The minimum atomic E-state index is -0.292. The van der Waals surface area contributed by atoms with Gasteiger partial charge in [-0.2, -0.15) is 0 Å². The summed E-state index contributed by atoms with van der Waals surface area (Å²) in [6, 6.07) is 8.47. The van der Waals surface area contributed by atoms with E-state index >= 15 is 0 Å². The average Bonchev–Trinajstić information content (AvgIpc) is 3.31. The quantitative estimate of drug-likeness (QED) is 0.687. The van der Waals surface area contributed by atoms with Gasteiger partial charge in [0.25, 0.3) is 0 Å². The third kappa shape index (κ3) is 2.91. The fourth-order valence-corrected chi connectivity index (χ4v) is 5.19. The highest BCUT2D eigenvalue weighted by Gasteiger charge is 2.43. The highest BCUT2D eigenvalue weighted by Crippen LogP contribution is 2.43. The molecule has 7 nitrogen and oxygen atoms in total. The number of likely N-dealkylation sites (tertiary alicyclic amines) is 1. The van der Waals surface area contributed by atoms with E-state index in [1.807, 2.05) is 16.5 Å². The number of carbonyl (C=O) groups excluding carboxylic acids is 1. The molecule has 2 aliphatic rings. The van der Waals surface area contributed by atoms with Crippen molar-refractivity contribution in [1.29, 1.82) is 0 Å². The van der Waals surface area contributed by atoms with Crippen LogP contribution in [-0.4, -0.2) is 56.0 Å². The third-order valence-electron chi connectivity index (χ3n) is 5.92.